The summed E-state index contributed by atoms with van der Waals surface area (Å²) in [6.07, 6.45) is -1.33. The number of allylic oxidation sites excluding steroid dienone is 1. The van der Waals surface area contributed by atoms with Gasteiger partial charge in [-0.3, -0.25) is 4.57 Å². The highest BCUT2D eigenvalue weighted by molar-refractivity contribution is 5.85. The van der Waals surface area contributed by atoms with E-state index in [4.69, 9.17) is 0 Å². The highest BCUT2D eigenvalue weighted by Gasteiger charge is 2.32. The van der Waals surface area contributed by atoms with Crippen molar-refractivity contribution in [2.24, 2.45) is 0 Å². The van der Waals surface area contributed by atoms with Gasteiger partial charge in [-0.15, -0.1) is 23.4 Å². The van der Waals surface area contributed by atoms with E-state index in [1.54, 1.807) is 6.07 Å². The molecule has 144 valence electrons. The lowest BCUT2D eigenvalue weighted by Gasteiger charge is -2.16. The van der Waals surface area contributed by atoms with Crippen LogP contribution in [0.4, 0.5) is 13.2 Å². The van der Waals surface area contributed by atoms with E-state index in [-0.39, 0.29) is 5.75 Å². The molecule has 0 bridgehead atoms. The van der Waals surface area contributed by atoms with Gasteiger partial charge >= 0.3 is 6.36 Å². The van der Waals surface area contributed by atoms with Gasteiger partial charge in [0.2, 0.25) is 0 Å². The van der Waals surface area contributed by atoms with Crippen molar-refractivity contribution in [2.45, 2.75) is 33.1 Å². The fourth-order valence-electron chi connectivity index (χ4n) is 3.47. The second kappa shape index (κ2) is 6.82. The third-order valence-electron chi connectivity index (χ3n) is 4.79. The maximum atomic E-state index is 12.7. The van der Waals surface area contributed by atoms with Gasteiger partial charge in [-0.2, -0.15) is 0 Å². The number of rotatable bonds is 3. The molecule has 7 heteroatoms. The number of nitrogens with zero attached hydrogens (tertiary/aromatic N) is 3. The van der Waals surface area contributed by atoms with E-state index < -0.39 is 6.36 Å². The van der Waals surface area contributed by atoms with Crippen LogP contribution in [0.3, 0.4) is 0 Å². The van der Waals surface area contributed by atoms with Crippen LogP contribution in [0.1, 0.15) is 35.3 Å². The van der Waals surface area contributed by atoms with E-state index in [0.717, 1.165) is 29.1 Å². The Morgan fingerprint density at radius 2 is 1.82 bits per heavy atom. The van der Waals surface area contributed by atoms with Crippen LogP contribution in [-0.4, -0.2) is 21.1 Å². The summed E-state index contributed by atoms with van der Waals surface area (Å²) >= 11 is 0. The van der Waals surface area contributed by atoms with Crippen molar-refractivity contribution in [3.63, 3.8) is 0 Å². The highest BCUT2D eigenvalue weighted by atomic mass is 19.4. The van der Waals surface area contributed by atoms with Crippen LogP contribution in [0.5, 0.6) is 5.75 Å². The molecule has 0 aliphatic carbocycles. The molecule has 0 unspecified atom stereocenters. The van der Waals surface area contributed by atoms with Crippen molar-refractivity contribution in [1.82, 2.24) is 14.8 Å². The molecule has 0 radical (unpaired) electrons. The Bertz CT molecular complexity index is 1050. The lowest BCUT2D eigenvalue weighted by atomic mass is 9.94. The van der Waals surface area contributed by atoms with Crippen molar-refractivity contribution in [1.29, 1.82) is 0 Å². The molecule has 0 saturated carbocycles. The van der Waals surface area contributed by atoms with Crippen molar-refractivity contribution in [2.75, 3.05) is 0 Å². The van der Waals surface area contributed by atoms with Crippen LogP contribution in [0.25, 0.3) is 11.3 Å². The Morgan fingerprint density at radius 1 is 1.07 bits per heavy atom. The molecule has 4 rings (SSSR count). The van der Waals surface area contributed by atoms with Crippen molar-refractivity contribution in [3.05, 3.63) is 76.9 Å². The molecule has 3 aromatic rings. The molecule has 1 aliphatic rings. The van der Waals surface area contributed by atoms with E-state index in [2.05, 4.69) is 21.9 Å². The Hall–Kier alpha value is -3.09. The maximum absolute atomic E-state index is 12.7. The van der Waals surface area contributed by atoms with Gasteiger partial charge in [-0.05, 0) is 48.2 Å². The molecule has 2 aromatic carbocycles. The van der Waals surface area contributed by atoms with E-state index in [9.17, 15) is 13.2 Å². The first-order chi connectivity index (χ1) is 13.4. The second-order valence-electron chi connectivity index (χ2n) is 6.60. The van der Waals surface area contributed by atoms with Crippen LogP contribution < -0.4 is 4.74 Å². The summed E-state index contributed by atoms with van der Waals surface area (Å²) in [5, 5.41) is 8.32. The van der Waals surface area contributed by atoms with Crippen LogP contribution in [-0.2, 0) is 12.8 Å². The summed E-state index contributed by atoms with van der Waals surface area (Å²) < 4.78 is 44.3. The monoisotopic (exact) mass is 385 g/mol. The molecule has 0 amide bonds. The molecule has 1 aromatic heterocycles. The minimum atomic E-state index is -4.75. The summed E-state index contributed by atoms with van der Waals surface area (Å²) in [5.41, 5.74) is 4.34. The van der Waals surface area contributed by atoms with E-state index in [1.807, 2.05) is 41.8 Å². The molecule has 0 atom stereocenters. The van der Waals surface area contributed by atoms with Gasteiger partial charge in [-0.1, -0.05) is 37.3 Å². The number of aryl methyl sites for hydroxylation is 2. The summed E-state index contributed by atoms with van der Waals surface area (Å²) in [6, 6.07) is 12.4. The van der Waals surface area contributed by atoms with Gasteiger partial charge in [0.25, 0.3) is 0 Å². The smallest absolute Gasteiger partial charge is 0.406 e. The number of benzene rings is 2. The first-order valence-electron chi connectivity index (χ1n) is 8.96. The topological polar surface area (TPSA) is 39.9 Å². The van der Waals surface area contributed by atoms with Gasteiger partial charge in [0.1, 0.15) is 17.4 Å². The third-order valence-corrected chi connectivity index (χ3v) is 4.79. The van der Waals surface area contributed by atoms with E-state index in [0.29, 0.717) is 17.8 Å². The minimum Gasteiger partial charge on any atom is -0.406 e. The maximum Gasteiger partial charge on any atom is 0.573 e. The molecule has 0 spiro atoms. The number of alkyl halides is 3. The molecule has 2 heterocycles. The minimum absolute atomic E-state index is 0.253. The van der Waals surface area contributed by atoms with E-state index >= 15 is 0 Å². The zero-order chi connectivity index (χ0) is 19.9. The molecule has 4 nitrogen and oxygen atoms in total. The molecule has 0 fully saturated rings. The standard InChI is InChI=1S/C21H18F3N3O/c1-3-14-4-6-15(7-5-14)17-9-11-20-26-25-13(2)27(20)19-10-8-16(12-18(17)19)28-21(22,23)24/h4-10,12H,3,11H2,1-2H3. The molecular formula is C21H18F3N3O. The Labute approximate surface area is 160 Å². The van der Waals surface area contributed by atoms with Crippen LogP contribution in [0, 0.1) is 6.92 Å². The number of ether oxygens (including phenoxy) is 1. The third kappa shape index (κ3) is 3.40. The first kappa shape index (κ1) is 18.3. The van der Waals surface area contributed by atoms with Gasteiger partial charge in [-0.25, -0.2) is 0 Å². The second-order valence-corrected chi connectivity index (χ2v) is 6.60. The zero-order valence-electron chi connectivity index (χ0n) is 15.4. The SMILES string of the molecule is CCc1ccc(C2=CCc3nnc(C)n3-c3ccc(OC(F)(F)F)cc32)cc1. The van der Waals surface area contributed by atoms with Crippen LogP contribution in [0.2, 0.25) is 0 Å². The number of hydrogen-bond acceptors (Lipinski definition) is 3. The molecular weight excluding hydrogens is 367 g/mol. The summed E-state index contributed by atoms with van der Waals surface area (Å²) in [5.74, 6) is 1.16. The van der Waals surface area contributed by atoms with Gasteiger partial charge in [0.15, 0.2) is 0 Å². The molecule has 0 saturated heterocycles. The van der Waals surface area contributed by atoms with Crippen LogP contribution >= 0.6 is 0 Å². The van der Waals surface area contributed by atoms with Crippen molar-refractivity contribution >= 4 is 5.57 Å². The summed E-state index contributed by atoms with van der Waals surface area (Å²) in [7, 11) is 0. The fourth-order valence-corrected chi connectivity index (χ4v) is 3.47. The predicted octanol–water partition coefficient (Wildman–Crippen LogP) is 5.02. The molecule has 0 N–H and O–H groups in total. The first-order valence-corrected chi connectivity index (χ1v) is 8.96. The number of aromatic nitrogens is 3. The summed E-state index contributed by atoms with van der Waals surface area (Å²) in [6.45, 7) is 3.89. The van der Waals surface area contributed by atoms with Crippen molar-refractivity contribution < 1.29 is 17.9 Å². The quantitative estimate of drug-likeness (QED) is 0.635. The average molecular weight is 385 g/mol. The zero-order valence-corrected chi connectivity index (χ0v) is 15.4. The molecule has 1 aliphatic heterocycles. The molecule has 28 heavy (non-hydrogen) atoms. The lowest BCUT2D eigenvalue weighted by Crippen LogP contribution is -2.17. The number of halogens is 3. The largest absolute Gasteiger partial charge is 0.573 e. The highest BCUT2D eigenvalue weighted by Crippen LogP contribution is 2.36. The lowest BCUT2D eigenvalue weighted by molar-refractivity contribution is -0.274. The normalized spacial score (nSPS) is 13.4. The van der Waals surface area contributed by atoms with Gasteiger partial charge in [0, 0.05) is 12.0 Å². The van der Waals surface area contributed by atoms with Crippen molar-refractivity contribution in [3.8, 4) is 11.4 Å². The number of fused-ring (bicyclic) bond motifs is 3. The van der Waals surface area contributed by atoms with Crippen LogP contribution in [0.15, 0.2) is 48.5 Å². The van der Waals surface area contributed by atoms with E-state index in [1.165, 1.54) is 17.7 Å². The average Bonchev–Trinajstić information content (AvgIpc) is 2.93. The Kier molecular flexibility index (Phi) is 4.45. The Balaban J connectivity index is 1.89. The van der Waals surface area contributed by atoms with Gasteiger partial charge in [0.05, 0.1) is 5.69 Å². The predicted molar refractivity (Wildman–Crippen MR) is 99.4 cm³/mol. The number of hydrogen-bond donors (Lipinski definition) is 0. The Morgan fingerprint density at radius 3 is 2.50 bits per heavy atom. The summed E-state index contributed by atoms with van der Waals surface area (Å²) in [4.78, 5) is 0. The fraction of sp³-hybridized carbons (Fsp3) is 0.238. The van der Waals surface area contributed by atoms with Gasteiger partial charge < -0.3 is 4.74 Å².